The molecule has 0 spiro atoms. The Labute approximate surface area is 161 Å². The normalized spacial score (nSPS) is 15.5. The number of aromatic nitrogens is 2. The van der Waals surface area contributed by atoms with E-state index in [4.69, 9.17) is 0 Å². The summed E-state index contributed by atoms with van der Waals surface area (Å²) in [5.41, 5.74) is -0.528. The molecule has 0 bridgehead atoms. The molecule has 2 N–H and O–H groups in total. The fourth-order valence-electron chi connectivity index (χ4n) is 2.81. The molecule has 0 aliphatic heterocycles. The van der Waals surface area contributed by atoms with E-state index in [1.54, 1.807) is 13.8 Å². The molecule has 152 valence electrons. The summed E-state index contributed by atoms with van der Waals surface area (Å²) in [4.78, 5) is 8.19. The van der Waals surface area contributed by atoms with Crippen molar-refractivity contribution in [3.8, 4) is 0 Å². The van der Waals surface area contributed by atoms with Crippen LogP contribution in [-0.2, 0) is 10.0 Å². The summed E-state index contributed by atoms with van der Waals surface area (Å²) >= 11 is 0. The molecule has 1 atom stereocenters. The number of rotatable bonds is 8. The second-order valence-corrected chi connectivity index (χ2v) is 8.69. The maximum absolute atomic E-state index is 14.4. The molecule has 0 saturated heterocycles. The Hall–Kier alpha value is -2.36. The zero-order valence-corrected chi connectivity index (χ0v) is 16.2. The van der Waals surface area contributed by atoms with Crippen LogP contribution in [0.15, 0.2) is 24.4 Å². The third-order valence-corrected chi connectivity index (χ3v) is 5.88. The van der Waals surface area contributed by atoms with Crippen LogP contribution in [0.5, 0.6) is 0 Å². The Bertz CT molecular complexity index is 965. The highest BCUT2D eigenvalue weighted by Gasteiger charge is 2.29. The summed E-state index contributed by atoms with van der Waals surface area (Å²) in [6.45, 7) is 3.20. The van der Waals surface area contributed by atoms with Gasteiger partial charge in [0.2, 0.25) is 10.0 Å². The average molecular weight is 414 g/mol. The van der Waals surface area contributed by atoms with Crippen molar-refractivity contribution in [1.82, 2.24) is 9.97 Å². The van der Waals surface area contributed by atoms with E-state index in [1.807, 2.05) is 0 Å². The number of hydrogen-bond donors (Lipinski definition) is 2. The third kappa shape index (κ3) is 4.92. The van der Waals surface area contributed by atoms with Crippen molar-refractivity contribution in [1.29, 1.82) is 0 Å². The van der Waals surface area contributed by atoms with E-state index in [9.17, 15) is 21.6 Å². The standard InChI is InChI=1S/C18H21F3N4O2S/c1-10(13-4-3-5-14(16(13)19)17(20)21)23-18-15(8-22-11(2)24-18)25-28(26,27)9-12-6-7-12/h3-5,8,10,12,17,25H,6-7,9H2,1-2H3,(H,22,23,24)/t10-/m1/s1. The van der Waals surface area contributed by atoms with Crippen LogP contribution in [0.2, 0.25) is 0 Å². The van der Waals surface area contributed by atoms with Gasteiger partial charge in [-0.05, 0) is 32.6 Å². The number of nitrogens with zero attached hydrogens (tertiary/aromatic N) is 2. The molecule has 0 radical (unpaired) electrons. The summed E-state index contributed by atoms with van der Waals surface area (Å²) in [6.07, 6.45) is 0.159. The number of anilines is 2. The third-order valence-electron chi connectivity index (χ3n) is 4.44. The van der Waals surface area contributed by atoms with Crippen LogP contribution >= 0.6 is 0 Å². The van der Waals surface area contributed by atoms with Gasteiger partial charge in [0, 0.05) is 5.56 Å². The Morgan fingerprint density at radius 3 is 2.57 bits per heavy atom. The van der Waals surface area contributed by atoms with Crippen LogP contribution in [0, 0.1) is 18.7 Å². The number of aryl methyl sites for hydroxylation is 1. The van der Waals surface area contributed by atoms with E-state index < -0.39 is 33.9 Å². The maximum Gasteiger partial charge on any atom is 0.266 e. The molecule has 6 nitrogen and oxygen atoms in total. The van der Waals surface area contributed by atoms with Gasteiger partial charge in [-0.2, -0.15) is 0 Å². The SMILES string of the molecule is Cc1ncc(NS(=O)(=O)CC2CC2)c(N[C@H](C)c2cccc(C(F)F)c2F)n1. The van der Waals surface area contributed by atoms with Gasteiger partial charge in [-0.3, -0.25) is 4.72 Å². The molecule has 1 aliphatic rings. The van der Waals surface area contributed by atoms with Gasteiger partial charge in [-0.25, -0.2) is 31.6 Å². The smallest absolute Gasteiger partial charge is 0.266 e. The second kappa shape index (κ2) is 7.94. The summed E-state index contributed by atoms with van der Waals surface area (Å²) in [5.74, 6) is -0.298. The molecule has 28 heavy (non-hydrogen) atoms. The highest BCUT2D eigenvalue weighted by atomic mass is 32.2. The molecule has 1 aromatic carbocycles. The van der Waals surface area contributed by atoms with Gasteiger partial charge in [-0.15, -0.1) is 0 Å². The molecule has 1 aliphatic carbocycles. The summed E-state index contributed by atoms with van der Waals surface area (Å²) in [5, 5.41) is 2.90. The molecule has 0 amide bonds. The Balaban J connectivity index is 1.85. The molecule has 2 aromatic rings. The first-order valence-corrected chi connectivity index (χ1v) is 10.5. The molecule has 10 heteroatoms. The molecule has 3 rings (SSSR count). The summed E-state index contributed by atoms with van der Waals surface area (Å²) in [6, 6.07) is 3.04. The minimum atomic E-state index is -3.58. The largest absolute Gasteiger partial charge is 0.362 e. The lowest BCUT2D eigenvalue weighted by molar-refractivity contribution is 0.146. The van der Waals surface area contributed by atoms with E-state index in [1.165, 1.54) is 18.3 Å². The lowest BCUT2D eigenvalue weighted by Crippen LogP contribution is -2.20. The van der Waals surface area contributed by atoms with Gasteiger partial charge in [-0.1, -0.05) is 18.2 Å². The monoisotopic (exact) mass is 414 g/mol. The van der Waals surface area contributed by atoms with Crippen molar-refractivity contribution in [2.75, 3.05) is 15.8 Å². The lowest BCUT2D eigenvalue weighted by atomic mass is 10.0. The van der Waals surface area contributed by atoms with Gasteiger partial charge in [0.1, 0.15) is 17.3 Å². The fraction of sp³-hybridized carbons (Fsp3) is 0.444. The summed E-state index contributed by atoms with van der Waals surface area (Å²) in [7, 11) is -3.58. The fourth-order valence-corrected chi connectivity index (χ4v) is 4.33. The second-order valence-electron chi connectivity index (χ2n) is 6.92. The number of benzene rings is 1. The zero-order chi connectivity index (χ0) is 20.5. The molecule has 1 saturated carbocycles. The predicted octanol–water partition coefficient (Wildman–Crippen LogP) is 4.19. The molecular weight excluding hydrogens is 393 g/mol. The molecule has 1 fully saturated rings. The first-order valence-electron chi connectivity index (χ1n) is 8.83. The van der Waals surface area contributed by atoms with E-state index in [2.05, 4.69) is 20.0 Å². The maximum atomic E-state index is 14.4. The van der Waals surface area contributed by atoms with Crippen LogP contribution in [0.4, 0.5) is 24.7 Å². The first kappa shape index (κ1) is 20.4. The zero-order valence-electron chi connectivity index (χ0n) is 15.4. The number of alkyl halides is 2. The Morgan fingerprint density at radius 1 is 1.25 bits per heavy atom. The summed E-state index contributed by atoms with van der Waals surface area (Å²) < 4.78 is 67.3. The van der Waals surface area contributed by atoms with Crippen LogP contribution in [0.1, 0.15) is 49.2 Å². The van der Waals surface area contributed by atoms with Gasteiger partial charge in [0.15, 0.2) is 5.82 Å². The molecule has 1 aromatic heterocycles. The molecule has 0 unspecified atom stereocenters. The minimum absolute atomic E-state index is 0.0148. The van der Waals surface area contributed by atoms with Crippen molar-refractivity contribution < 1.29 is 21.6 Å². The van der Waals surface area contributed by atoms with Crippen molar-refractivity contribution in [2.45, 2.75) is 39.2 Å². The number of hydrogen-bond acceptors (Lipinski definition) is 5. The van der Waals surface area contributed by atoms with E-state index >= 15 is 0 Å². The van der Waals surface area contributed by atoms with Crippen LogP contribution in [0.25, 0.3) is 0 Å². The number of halogens is 3. The van der Waals surface area contributed by atoms with Gasteiger partial charge < -0.3 is 5.32 Å². The predicted molar refractivity (Wildman–Crippen MR) is 100 cm³/mol. The highest BCUT2D eigenvalue weighted by molar-refractivity contribution is 7.92. The van der Waals surface area contributed by atoms with Crippen LogP contribution < -0.4 is 10.0 Å². The van der Waals surface area contributed by atoms with Gasteiger partial charge in [0.25, 0.3) is 6.43 Å². The van der Waals surface area contributed by atoms with Crippen LogP contribution in [-0.4, -0.2) is 24.1 Å². The van der Waals surface area contributed by atoms with Crippen molar-refractivity contribution >= 4 is 21.5 Å². The van der Waals surface area contributed by atoms with E-state index in [0.717, 1.165) is 18.9 Å². The van der Waals surface area contributed by atoms with Gasteiger partial charge >= 0.3 is 0 Å². The van der Waals surface area contributed by atoms with Crippen molar-refractivity contribution in [3.05, 3.63) is 47.2 Å². The average Bonchev–Trinajstić information content (AvgIpc) is 3.40. The van der Waals surface area contributed by atoms with Gasteiger partial charge in [0.05, 0.1) is 23.6 Å². The molecular formula is C18H21F3N4O2S. The van der Waals surface area contributed by atoms with E-state index in [-0.39, 0.29) is 28.7 Å². The minimum Gasteiger partial charge on any atom is -0.362 e. The lowest BCUT2D eigenvalue weighted by Gasteiger charge is -2.19. The Morgan fingerprint density at radius 2 is 1.93 bits per heavy atom. The Kier molecular flexibility index (Phi) is 5.78. The van der Waals surface area contributed by atoms with Crippen LogP contribution in [0.3, 0.4) is 0 Å². The quantitative estimate of drug-likeness (QED) is 0.677. The number of nitrogens with one attached hydrogen (secondary N) is 2. The van der Waals surface area contributed by atoms with E-state index in [0.29, 0.717) is 5.82 Å². The highest BCUT2D eigenvalue weighted by Crippen LogP contribution is 2.32. The number of sulfonamides is 1. The first-order chi connectivity index (χ1) is 13.2. The molecule has 1 heterocycles. The van der Waals surface area contributed by atoms with Crippen molar-refractivity contribution in [2.24, 2.45) is 5.92 Å². The topological polar surface area (TPSA) is 84.0 Å². The van der Waals surface area contributed by atoms with Crippen molar-refractivity contribution in [3.63, 3.8) is 0 Å².